The van der Waals surface area contributed by atoms with Gasteiger partial charge in [0.25, 0.3) is 0 Å². The Bertz CT molecular complexity index is 94.7. The van der Waals surface area contributed by atoms with Crippen LogP contribution in [0.5, 0.6) is 0 Å². The molecule has 0 saturated heterocycles. The smallest absolute Gasteiger partial charge is 0.0279 e. The third kappa shape index (κ3) is 3.98. The van der Waals surface area contributed by atoms with Crippen molar-refractivity contribution in [3.63, 3.8) is 0 Å². The van der Waals surface area contributed by atoms with Crippen molar-refractivity contribution in [1.82, 2.24) is 5.32 Å². The largest absolute Gasteiger partial charge is 0.313 e. The second-order valence-corrected chi connectivity index (χ2v) is 1.94. The van der Waals surface area contributed by atoms with E-state index in [1.807, 2.05) is 26.1 Å². The van der Waals surface area contributed by atoms with E-state index in [-0.39, 0.29) is 0 Å². The molecule has 0 amide bonds. The fourth-order valence-corrected chi connectivity index (χ4v) is 0.615. The third-order valence-corrected chi connectivity index (χ3v) is 1.28. The van der Waals surface area contributed by atoms with Gasteiger partial charge in [-0.25, -0.2) is 0 Å². The number of hydrogen-bond donors (Lipinski definition) is 1. The van der Waals surface area contributed by atoms with Gasteiger partial charge in [0.15, 0.2) is 0 Å². The van der Waals surface area contributed by atoms with Gasteiger partial charge in [-0.05, 0) is 20.4 Å². The maximum Gasteiger partial charge on any atom is 0.0279 e. The van der Waals surface area contributed by atoms with E-state index < -0.39 is 0 Å². The maximum atomic E-state index is 3.69. The molecule has 0 aromatic carbocycles. The van der Waals surface area contributed by atoms with E-state index >= 15 is 0 Å². The van der Waals surface area contributed by atoms with E-state index in [4.69, 9.17) is 0 Å². The van der Waals surface area contributed by atoms with Gasteiger partial charge in [0.1, 0.15) is 0 Å². The molecule has 0 aliphatic carbocycles. The summed E-state index contributed by atoms with van der Waals surface area (Å²) in [5.41, 5.74) is 0. The van der Waals surface area contributed by atoms with Crippen LogP contribution in [0, 0.1) is 0 Å². The molecule has 0 aromatic heterocycles. The van der Waals surface area contributed by atoms with Gasteiger partial charge in [0, 0.05) is 6.04 Å². The van der Waals surface area contributed by atoms with Crippen molar-refractivity contribution in [2.45, 2.75) is 19.4 Å². The molecule has 1 unspecified atom stereocenters. The molecule has 52 valence electrons. The Balaban J connectivity index is 3.42. The van der Waals surface area contributed by atoms with Gasteiger partial charge >= 0.3 is 0 Å². The number of allylic oxidation sites excluding steroid dienone is 1. The van der Waals surface area contributed by atoms with Crippen molar-refractivity contribution in [2.75, 3.05) is 7.05 Å². The first-order chi connectivity index (χ1) is 4.35. The van der Waals surface area contributed by atoms with Gasteiger partial charge in [0.05, 0.1) is 0 Å². The molecule has 9 heavy (non-hydrogen) atoms. The van der Waals surface area contributed by atoms with E-state index in [0.29, 0.717) is 6.04 Å². The van der Waals surface area contributed by atoms with Crippen LogP contribution in [0.25, 0.3) is 0 Å². The highest BCUT2D eigenvalue weighted by molar-refractivity contribution is 4.92. The zero-order valence-electron chi connectivity index (χ0n) is 6.22. The molecule has 1 nitrogen and oxygen atoms in total. The molecule has 0 spiro atoms. The monoisotopic (exact) mass is 125 g/mol. The number of rotatable bonds is 4. The molecule has 0 aliphatic heterocycles. The molecule has 0 rings (SSSR count). The van der Waals surface area contributed by atoms with Crippen molar-refractivity contribution in [3.8, 4) is 0 Å². The van der Waals surface area contributed by atoms with Gasteiger partial charge in [-0.2, -0.15) is 0 Å². The summed E-state index contributed by atoms with van der Waals surface area (Å²) in [7, 11) is 1.94. The molecule has 0 radical (unpaired) electrons. The first-order valence-corrected chi connectivity index (χ1v) is 3.26. The average Bonchev–Trinajstić information content (AvgIpc) is 1.91. The summed E-state index contributed by atoms with van der Waals surface area (Å²) in [5.74, 6) is 0. The van der Waals surface area contributed by atoms with Crippen LogP contribution >= 0.6 is 0 Å². The highest BCUT2D eigenvalue weighted by Crippen LogP contribution is 1.92. The minimum atomic E-state index is 0.432. The predicted molar refractivity (Wildman–Crippen MR) is 42.5 cm³/mol. The molecule has 0 heterocycles. The molecule has 1 N–H and O–H groups in total. The number of likely N-dealkylation sites (N-methyl/N-ethyl adjacent to an activating group) is 1. The predicted octanol–water partition coefficient (Wildman–Crippen LogP) is 1.73. The molecule has 0 aromatic rings. The third-order valence-electron chi connectivity index (χ3n) is 1.28. The van der Waals surface area contributed by atoms with Crippen LogP contribution in [0.2, 0.25) is 0 Å². The Morgan fingerprint density at radius 3 is 2.67 bits per heavy atom. The first kappa shape index (κ1) is 8.44. The quantitative estimate of drug-likeness (QED) is 0.564. The van der Waals surface area contributed by atoms with Crippen LogP contribution in [-0.2, 0) is 0 Å². The van der Waals surface area contributed by atoms with Crippen LogP contribution < -0.4 is 5.32 Å². The SMILES string of the molecule is C=CC(C/C=C\C)NC. The van der Waals surface area contributed by atoms with E-state index in [2.05, 4.69) is 18.0 Å². The Morgan fingerprint density at radius 2 is 2.33 bits per heavy atom. The number of hydrogen-bond acceptors (Lipinski definition) is 1. The second-order valence-electron chi connectivity index (χ2n) is 1.94. The summed E-state index contributed by atoms with van der Waals surface area (Å²) in [4.78, 5) is 0. The van der Waals surface area contributed by atoms with E-state index in [1.54, 1.807) is 0 Å². The van der Waals surface area contributed by atoms with Crippen molar-refractivity contribution in [3.05, 3.63) is 24.8 Å². The summed E-state index contributed by atoms with van der Waals surface area (Å²) >= 11 is 0. The summed E-state index contributed by atoms with van der Waals surface area (Å²) in [6.07, 6.45) is 7.13. The lowest BCUT2D eigenvalue weighted by Crippen LogP contribution is -2.21. The topological polar surface area (TPSA) is 12.0 Å². The highest BCUT2D eigenvalue weighted by atomic mass is 14.8. The summed E-state index contributed by atoms with van der Waals surface area (Å²) in [6, 6.07) is 0.432. The molecule has 1 atom stereocenters. The number of nitrogens with one attached hydrogen (secondary N) is 1. The molecule has 0 fully saturated rings. The molecule has 0 saturated carbocycles. The van der Waals surface area contributed by atoms with Gasteiger partial charge in [-0.3, -0.25) is 0 Å². The van der Waals surface area contributed by atoms with Crippen LogP contribution in [-0.4, -0.2) is 13.1 Å². The standard InChI is InChI=1S/C8H15N/c1-4-6-7-8(5-2)9-3/h4-6,8-9H,2,7H2,1,3H3/b6-4-. The normalized spacial score (nSPS) is 14.0. The van der Waals surface area contributed by atoms with Crippen LogP contribution in [0.4, 0.5) is 0 Å². The minimum absolute atomic E-state index is 0.432. The average molecular weight is 125 g/mol. The fraction of sp³-hybridized carbons (Fsp3) is 0.500. The Hall–Kier alpha value is -0.560. The summed E-state index contributed by atoms with van der Waals surface area (Å²) in [6.45, 7) is 5.71. The lowest BCUT2D eigenvalue weighted by Gasteiger charge is -2.05. The van der Waals surface area contributed by atoms with Crippen molar-refractivity contribution in [2.24, 2.45) is 0 Å². The molecule has 0 bridgehead atoms. The van der Waals surface area contributed by atoms with Gasteiger partial charge in [-0.15, -0.1) is 6.58 Å². The first-order valence-electron chi connectivity index (χ1n) is 3.26. The summed E-state index contributed by atoms with van der Waals surface area (Å²) in [5, 5.41) is 3.12. The van der Waals surface area contributed by atoms with Crippen molar-refractivity contribution in [1.29, 1.82) is 0 Å². The zero-order chi connectivity index (χ0) is 7.11. The lowest BCUT2D eigenvalue weighted by molar-refractivity contribution is 0.678. The van der Waals surface area contributed by atoms with E-state index in [0.717, 1.165) is 6.42 Å². The maximum absolute atomic E-state index is 3.69. The summed E-state index contributed by atoms with van der Waals surface area (Å²) < 4.78 is 0. The molecular formula is C8H15N. The molecular weight excluding hydrogens is 110 g/mol. The van der Waals surface area contributed by atoms with E-state index in [9.17, 15) is 0 Å². The van der Waals surface area contributed by atoms with E-state index in [1.165, 1.54) is 0 Å². The Morgan fingerprint density at radius 1 is 1.67 bits per heavy atom. The molecule has 0 aliphatic rings. The van der Waals surface area contributed by atoms with Crippen LogP contribution in [0.1, 0.15) is 13.3 Å². The van der Waals surface area contributed by atoms with Crippen molar-refractivity contribution < 1.29 is 0 Å². The van der Waals surface area contributed by atoms with Gasteiger partial charge < -0.3 is 5.32 Å². The Labute approximate surface area is 57.5 Å². The minimum Gasteiger partial charge on any atom is -0.313 e. The van der Waals surface area contributed by atoms with Crippen molar-refractivity contribution >= 4 is 0 Å². The fourth-order valence-electron chi connectivity index (χ4n) is 0.615. The second kappa shape index (κ2) is 5.57. The van der Waals surface area contributed by atoms with Gasteiger partial charge in [-0.1, -0.05) is 18.2 Å². The lowest BCUT2D eigenvalue weighted by atomic mass is 10.2. The van der Waals surface area contributed by atoms with Crippen LogP contribution in [0.3, 0.4) is 0 Å². The Kier molecular flexibility index (Phi) is 5.23. The highest BCUT2D eigenvalue weighted by Gasteiger charge is 1.93. The zero-order valence-corrected chi connectivity index (χ0v) is 6.22. The van der Waals surface area contributed by atoms with Crippen LogP contribution in [0.15, 0.2) is 24.8 Å². The van der Waals surface area contributed by atoms with Gasteiger partial charge in [0.2, 0.25) is 0 Å². The molecule has 1 heteroatoms.